The standard InChI is InChI=1S/C15H19NO/c1-3-14-9-10-15(17-14)11-16-12(2)13-7-5-4-6-8-13/h4-10,12,16H,3,11H2,1-2H3/t12-/m0/s1. The van der Waals surface area contributed by atoms with E-state index in [0.29, 0.717) is 6.04 Å². The van der Waals surface area contributed by atoms with Crippen LogP contribution in [0.15, 0.2) is 46.9 Å². The predicted molar refractivity (Wildman–Crippen MR) is 69.8 cm³/mol. The molecule has 1 aromatic heterocycles. The number of furan rings is 1. The fourth-order valence-corrected chi connectivity index (χ4v) is 1.82. The molecule has 2 rings (SSSR count). The van der Waals surface area contributed by atoms with Crippen LogP contribution in [0.4, 0.5) is 0 Å². The predicted octanol–water partition coefficient (Wildman–Crippen LogP) is 3.69. The molecule has 1 heterocycles. The molecule has 0 bridgehead atoms. The van der Waals surface area contributed by atoms with E-state index in [0.717, 1.165) is 24.5 Å². The number of aryl methyl sites for hydroxylation is 1. The van der Waals surface area contributed by atoms with Gasteiger partial charge in [-0.15, -0.1) is 0 Å². The molecule has 0 amide bonds. The summed E-state index contributed by atoms with van der Waals surface area (Å²) in [5, 5.41) is 3.46. The van der Waals surface area contributed by atoms with E-state index < -0.39 is 0 Å². The Morgan fingerprint density at radius 3 is 2.41 bits per heavy atom. The largest absolute Gasteiger partial charge is 0.465 e. The number of nitrogens with one attached hydrogen (secondary N) is 1. The van der Waals surface area contributed by atoms with Crippen molar-refractivity contribution in [3.63, 3.8) is 0 Å². The van der Waals surface area contributed by atoms with E-state index in [2.05, 4.69) is 43.4 Å². The van der Waals surface area contributed by atoms with Crippen LogP contribution >= 0.6 is 0 Å². The topological polar surface area (TPSA) is 25.2 Å². The molecular formula is C15H19NO. The third-order valence-electron chi connectivity index (χ3n) is 2.95. The first-order valence-corrected chi connectivity index (χ1v) is 6.15. The average molecular weight is 229 g/mol. The maximum absolute atomic E-state index is 5.66. The fraction of sp³-hybridized carbons (Fsp3) is 0.333. The fourth-order valence-electron chi connectivity index (χ4n) is 1.82. The van der Waals surface area contributed by atoms with Crippen LogP contribution < -0.4 is 5.32 Å². The van der Waals surface area contributed by atoms with E-state index in [-0.39, 0.29) is 0 Å². The molecule has 0 aliphatic rings. The van der Waals surface area contributed by atoms with Crippen molar-refractivity contribution in [2.24, 2.45) is 0 Å². The first-order chi connectivity index (χ1) is 8.29. The molecular weight excluding hydrogens is 210 g/mol. The highest BCUT2D eigenvalue weighted by molar-refractivity contribution is 5.18. The van der Waals surface area contributed by atoms with Crippen molar-refractivity contribution in [1.82, 2.24) is 5.32 Å². The molecule has 0 saturated carbocycles. The van der Waals surface area contributed by atoms with Crippen LogP contribution in [-0.2, 0) is 13.0 Å². The first-order valence-electron chi connectivity index (χ1n) is 6.15. The quantitative estimate of drug-likeness (QED) is 0.845. The molecule has 2 aromatic rings. The van der Waals surface area contributed by atoms with Crippen molar-refractivity contribution in [3.05, 3.63) is 59.5 Å². The number of hydrogen-bond acceptors (Lipinski definition) is 2. The molecule has 0 radical (unpaired) electrons. The van der Waals surface area contributed by atoms with Gasteiger partial charge in [-0.2, -0.15) is 0 Å². The van der Waals surface area contributed by atoms with Crippen LogP contribution in [0.1, 0.15) is 37.0 Å². The Morgan fingerprint density at radius 2 is 1.76 bits per heavy atom. The van der Waals surface area contributed by atoms with Gasteiger partial charge in [-0.1, -0.05) is 37.3 Å². The van der Waals surface area contributed by atoms with E-state index in [1.807, 2.05) is 18.2 Å². The lowest BCUT2D eigenvalue weighted by Crippen LogP contribution is -2.17. The molecule has 0 aliphatic carbocycles. The van der Waals surface area contributed by atoms with E-state index in [1.54, 1.807) is 0 Å². The van der Waals surface area contributed by atoms with Crippen molar-refractivity contribution in [2.45, 2.75) is 32.9 Å². The summed E-state index contributed by atoms with van der Waals surface area (Å²) < 4.78 is 5.66. The molecule has 2 heteroatoms. The Labute approximate surface area is 103 Å². The summed E-state index contributed by atoms with van der Waals surface area (Å²) in [4.78, 5) is 0. The van der Waals surface area contributed by atoms with Gasteiger partial charge in [-0.3, -0.25) is 0 Å². The van der Waals surface area contributed by atoms with E-state index >= 15 is 0 Å². The van der Waals surface area contributed by atoms with Crippen molar-refractivity contribution >= 4 is 0 Å². The van der Waals surface area contributed by atoms with Gasteiger partial charge in [-0.05, 0) is 24.6 Å². The van der Waals surface area contributed by atoms with E-state index in [4.69, 9.17) is 4.42 Å². The summed E-state index contributed by atoms with van der Waals surface area (Å²) in [5.74, 6) is 2.05. The lowest BCUT2D eigenvalue weighted by molar-refractivity contribution is 0.435. The molecule has 1 aromatic carbocycles. The number of rotatable bonds is 5. The molecule has 1 N–H and O–H groups in total. The normalized spacial score (nSPS) is 12.6. The van der Waals surface area contributed by atoms with Crippen LogP contribution in [0.5, 0.6) is 0 Å². The van der Waals surface area contributed by atoms with Gasteiger partial charge in [0.15, 0.2) is 0 Å². The van der Waals surface area contributed by atoms with Gasteiger partial charge >= 0.3 is 0 Å². The summed E-state index contributed by atoms with van der Waals surface area (Å²) in [6.07, 6.45) is 0.953. The molecule has 2 nitrogen and oxygen atoms in total. The van der Waals surface area contributed by atoms with Gasteiger partial charge in [0.05, 0.1) is 6.54 Å². The smallest absolute Gasteiger partial charge is 0.117 e. The number of hydrogen-bond donors (Lipinski definition) is 1. The molecule has 0 aliphatic heterocycles. The van der Waals surface area contributed by atoms with Gasteiger partial charge in [0.2, 0.25) is 0 Å². The van der Waals surface area contributed by atoms with Gasteiger partial charge in [0, 0.05) is 12.5 Å². The zero-order valence-electron chi connectivity index (χ0n) is 10.4. The van der Waals surface area contributed by atoms with Crippen molar-refractivity contribution in [1.29, 1.82) is 0 Å². The molecule has 0 fully saturated rings. The second-order valence-corrected chi connectivity index (χ2v) is 4.23. The van der Waals surface area contributed by atoms with Crippen molar-refractivity contribution < 1.29 is 4.42 Å². The summed E-state index contributed by atoms with van der Waals surface area (Å²) in [6.45, 7) is 5.04. The second kappa shape index (κ2) is 5.69. The lowest BCUT2D eigenvalue weighted by Gasteiger charge is -2.12. The maximum Gasteiger partial charge on any atom is 0.117 e. The minimum Gasteiger partial charge on any atom is -0.465 e. The third-order valence-corrected chi connectivity index (χ3v) is 2.95. The molecule has 0 unspecified atom stereocenters. The first kappa shape index (κ1) is 11.9. The van der Waals surface area contributed by atoms with E-state index in [1.165, 1.54) is 5.56 Å². The van der Waals surface area contributed by atoms with Crippen molar-refractivity contribution in [2.75, 3.05) is 0 Å². The van der Waals surface area contributed by atoms with Crippen LogP contribution in [0, 0.1) is 0 Å². The molecule has 0 spiro atoms. The Bertz CT molecular complexity index is 447. The molecule has 1 atom stereocenters. The minimum absolute atomic E-state index is 0.339. The Hall–Kier alpha value is -1.54. The van der Waals surface area contributed by atoms with Crippen molar-refractivity contribution in [3.8, 4) is 0 Å². The highest BCUT2D eigenvalue weighted by atomic mass is 16.3. The van der Waals surface area contributed by atoms with Crippen LogP contribution in [0.2, 0.25) is 0 Å². The second-order valence-electron chi connectivity index (χ2n) is 4.23. The van der Waals surface area contributed by atoms with Gasteiger partial charge in [-0.25, -0.2) is 0 Å². The Kier molecular flexibility index (Phi) is 3.99. The molecule has 17 heavy (non-hydrogen) atoms. The maximum atomic E-state index is 5.66. The Balaban J connectivity index is 1.90. The molecule has 90 valence electrons. The third kappa shape index (κ3) is 3.21. The summed E-state index contributed by atoms with van der Waals surface area (Å²) in [5.41, 5.74) is 1.30. The summed E-state index contributed by atoms with van der Waals surface area (Å²) >= 11 is 0. The molecule has 0 saturated heterocycles. The van der Waals surface area contributed by atoms with Crippen LogP contribution in [-0.4, -0.2) is 0 Å². The zero-order chi connectivity index (χ0) is 12.1. The minimum atomic E-state index is 0.339. The van der Waals surface area contributed by atoms with Gasteiger partial charge < -0.3 is 9.73 Å². The zero-order valence-corrected chi connectivity index (χ0v) is 10.4. The van der Waals surface area contributed by atoms with Gasteiger partial charge in [0.1, 0.15) is 11.5 Å². The number of benzene rings is 1. The van der Waals surface area contributed by atoms with E-state index in [9.17, 15) is 0 Å². The van der Waals surface area contributed by atoms with Gasteiger partial charge in [0.25, 0.3) is 0 Å². The highest BCUT2D eigenvalue weighted by Gasteiger charge is 2.05. The Morgan fingerprint density at radius 1 is 1.06 bits per heavy atom. The summed E-state index contributed by atoms with van der Waals surface area (Å²) in [6, 6.07) is 14.9. The monoisotopic (exact) mass is 229 g/mol. The van der Waals surface area contributed by atoms with Crippen LogP contribution in [0.3, 0.4) is 0 Å². The average Bonchev–Trinajstić information content (AvgIpc) is 2.85. The highest BCUT2D eigenvalue weighted by Crippen LogP contribution is 2.13. The SMILES string of the molecule is CCc1ccc(CN[C@@H](C)c2ccccc2)o1. The van der Waals surface area contributed by atoms with Crippen LogP contribution in [0.25, 0.3) is 0 Å². The lowest BCUT2D eigenvalue weighted by atomic mass is 10.1. The summed E-state index contributed by atoms with van der Waals surface area (Å²) in [7, 11) is 0.